The molecule has 1 nitrogen and oxygen atoms in total. The number of benzene rings is 1. The van der Waals surface area contributed by atoms with E-state index in [1.54, 1.807) is 0 Å². The largest absolute Gasteiger partial charge is 0.253 e. The summed E-state index contributed by atoms with van der Waals surface area (Å²) in [5, 5.41) is 1.22. The van der Waals surface area contributed by atoms with Gasteiger partial charge in [0.1, 0.15) is 0 Å². The normalized spacial score (nSPS) is 9.69. The lowest BCUT2D eigenvalue weighted by Crippen LogP contribution is -1.85. The molecule has 0 unspecified atom stereocenters. The smallest absolute Gasteiger partial charge is 0.0734 e. The fraction of sp³-hybridized carbons (Fsp3) is 0.182. The minimum atomic E-state index is 0. The molecule has 0 N–H and O–H groups in total. The molecule has 0 saturated heterocycles. The van der Waals surface area contributed by atoms with E-state index in [-0.39, 0.29) is 12.4 Å². The highest BCUT2D eigenvalue weighted by Gasteiger charge is 1.96. The highest BCUT2D eigenvalue weighted by Crippen LogP contribution is 2.15. The van der Waals surface area contributed by atoms with Crippen LogP contribution in [-0.2, 0) is 0 Å². The van der Waals surface area contributed by atoms with E-state index in [9.17, 15) is 0 Å². The Bertz CT molecular complexity index is 423. The number of pyridine rings is 1. The lowest BCUT2D eigenvalue weighted by molar-refractivity contribution is 1.24. The minimum Gasteiger partial charge on any atom is -0.253 e. The van der Waals surface area contributed by atoms with E-state index in [1.807, 2.05) is 13.0 Å². The molecule has 2 aromatic rings. The van der Waals surface area contributed by atoms with Crippen LogP contribution in [-0.4, -0.2) is 4.98 Å². The predicted octanol–water partition coefficient (Wildman–Crippen LogP) is 3.27. The molecule has 0 fully saturated rings. The fourth-order valence-corrected chi connectivity index (χ4v) is 1.39. The number of para-hydroxylation sites is 1. The molecule has 68 valence electrons. The summed E-state index contributed by atoms with van der Waals surface area (Å²) in [5.74, 6) is 0. The second kappa shape index (κ2) is 3.75. The van der Waals surface area contributed by atoms with E-state index < -0.39 is 0 Å². The molecule has 0 radical (unpaired) electrons. The van der Waals surface area contributed by atoms with Crippen LogP contribution in [0.15, 0.2) is 30.3 Å². The summed E-state index contributed by atoms with van der Waals surface area (Å²) in [6.07, 6.45) is 0. The SMILES string of the molecule is Cc1ccc2cccc(C)c2n1.Cl. The van der Waals surface area contributed by atoms with Gasteiger partial charge in [0.15, 0.2) is 0 Å². The lowest BCUT2D eigenvalue weighted by Gasteiger charge is -2.00. The van der Waals surface area contributed by atoms with Crippen LogP contribution in [0.2, 0.25) is 0 Å². The zero-order valence-corrected chi connectivity index (χ0v) is 8.56. The predicted molar refractivity (Wildman–Crippen MR) is 58.5 cm³/mol. The monoisotopic (exact) mass is 193 g/mol. The van der Waals surface area contributed by atoms with Crippen molar-refractivity contribution < 1.29 is 0 Å². The quantitative estimate of drug-likeness (QED) is 0.626. The van der Waals surface area contributed by atoms with Crippen LogP contribution in [0, 0.1) is 13.8 Å². The standard InChI is InChI=1S/C11H11N.ClH/c1-8-4-3-5-10-7-6-9(2)12-11(8)10;/h3-7H,1-2H3;1H. The maximum atomic E-state index is 4.48. The van der Waals surface area contributed by atoms with E-state index in [4.69, 9.17) is 0 Å². The summed E-state index contributed by atoms with van der Waals surface area (Å²) in [6.45, 7) is 4.11. The van der Waals surface area contributed by atoms with Crippen LogP contribution in [0.1, 0.15) is 11.3 Å². The van der Waals surface area contributed by atoms with Crippen molar-refractivity contribution >= 4 is 23.3 Å². The molecule has 0 spiro atoms. The van der Waals surface area contributed by atoms with Crippen LogP contribution in [0.25, 0.3) is 10.9 Å². The van der Waals surface area contributed by atoms with Crippen molar-refractivity contribution in [3.05, 3.63) is 41.6 Å². The first-order valence-corrected chi connectivity index (χ1v) is 4.10. The molecule has 0 aliphatic rings. The molecule has 0 bridgehead atoms. The molecule has 0 atom stereocenters. The van der Waals surface area contributed by atoms with Crippen LogP contribution < -0.4 is 0 Å². The third kappa shape index (κ3) is 1.81. The number of halogens is 1. The fourth-order valence-electron chi connectivity index (χ4n) is 1.39. The number of aryl methyl sites for hydroxylation is 2. The number of nitrogens with zero attached hydrogens (tertiary/aromatic N) is 1. The molecular formula is C11H12ClN. The third-order valence-corrected chi connectivity index (χ3v) is 2.06. The number of hydrogen-bond donors (Lipinski definition) is 0. The van der Waals surface area contributed by atoms with E-state index in [2.05, 4.69) is 36.2 Å². The van der Waals surface area contributed by atoms with Crippen molar-refractivity contribution in [1.82, 2.24) is 4.98 Å². The maximum Gasteiger partial charge on any atom is 0.0734 e. The summed E-state index contributed by atoms with van der Waals surface area (Å²) < 4.78 is 0. The summed E-state index contributed by atoms with van der Waals surface area (Å²) >= 11 is 0. The van der Waals surface area contributed by atoms with Gasteiger partial charge in [-0.05, 0) is 25.5 Å². The number of hydrogen-bond acceptors (Lipinski definition) is 1. The second-order valence-corrected chi connectivity index (χ2v) is 3.10. The molecule has 0 aliphatic carbocycles. The van der Waals surface area contributed by atoms with Gasteiger partial charge >= 0.3 is 0 Å². The molecule has 0 amide bonds. The Hall–Kier alpha value is -1.08. The zero-order valence-electron chi connectivity index (χ0n) is 7.74. The Morgan fingerprint density at radius 3 is 2.54 bits per heavy atom. The maximum absolute atomic E-state index is 4.48. The van der Waals surface area contributed by atoms with Gasteiger partial charge in [-0.15, -0.1) is 12.4 Å². The lowest BCUT2D eigenvalue weighted by atomic mass is 10.1. The average molecular weight is 194 g/mol. The van der Waals surface area contributed by atoms with Crippen molar-refractivity contribution in [2.45, 2.75) is 13.8 Å². The van der Waals surface area contributed by atoms with Crippen LogP contribution in [0.4, 0.5) is 0 Å². The van der Waals surface area contributed by atoms with Crippen molar-refractivity contribution in [3.63, 3.8) is 0 Å². The first kappa shape index (κ1) is 10.0. The number of aromatic nitrogens is 1. The van der Waals surface area contributed by atoms with Crippen molar-refractivity contribution in [1.29, 1.82) is 0 Å². The van der Waals surface area contributed by atoms with Gasteiger partial charge in [-0.25, -0.2) is 0 Å². The molecule has 2 rings (SSSR count). The Balaban J connectivity index is 0.000000845. The summed E-state index contributed by atoms with van der Waals surface area (Å²) in [4.78, 5) is 4.48. The Morgan fingerprint density at radius 2 is 1.77 bits per heavy atom. The van der Waals surface area contributed by atoms with Crippen LogP contribution in [0.5, 0.6) is 0 Å². The summed E-state index contributed by atoms with van der Waals surface area (Å²) in [6, 6.07) is 10.4. The van der Waals surface area contributed by atoms with E-state index in [0.29, 0.717) is 0 Å². The van der Waals surface area contributed by atoms with E-state index in [0.717, 1.165) is 11.2 Å². The topological polar surface area (TPSA) is 12.9 Å². The first-order chi connectivity index (χ1) is 5.77. The van der Waals surface area contributed by atoms with Gasteiger partial charge in [0.25, 0.3) is 0 Å². The Morgan fingerprint density at radius 1 is 1.00 bits per heavy atom. The van der Waals surface area contributed by atoms with Crippen molar-refractivity contribution in [2.24, 2.45) is 0 Å². The number of fused-ring (bicyclic) bond motifs is 1. The van der Waals surface area contributed by atoms with Crippen LogP contribution >= 0.6 is 12.4 Å². The molecule has 2 heteroatoms. The van der Waals surface area contributed by atoms with Gasteiger partial charge in [0.05, 0.1) is 5.52 Å². The summed E-state index contributed by atoms with van der Waals surface area (Å²) in [5.41, 5.74) is 3.45. The van der Waals surface area contributed by atoms with Gasteiger partial charge in [0.2, 0.25) is 0 Å². The molecule has 1 heterocycles. The molecular weight excluding hydrogens is 182 g/mol. The van der Waals surface area contributed by atoms with Gasteiger partial charge in [0, 0.05) is 11.1 Å². The second-order valence-electron chi connectivity index (χ2n) is 3.10. The highest BCUT2D eigenvalue weighted by atomic mass is 35.5. The molecule has 1 aromatic carbocycles. The molecule has 13 heavy (non-hydrogen) atoms. The van der Waals surface area contributed by atoms with Crippen LogP contribution in [0.3, 0.4) is 0 Å². The Kier molecular flexibility index (Phi) is 2.89. The van der Waals surface area contributed by atoms with Gasteiger partial charge in [-0.1, -0.05) is 24.3 Å². The van der Waals surface area contributed by atoms with Gasteiger partial charge in [-0.2, -0.15) is 0 Å². The highest BCUT2D eigenvalue weighted by molar-refractivity contribution is 5.85. The molecule has 0 aliphatic heterocycles. The molecule has 1 aromatic heterocycles. The number of rotatable bonds is 0. The zero-order chi connectivity index (χ0) is 8.55. The minimum absolute atomic E-state index is 0. The van der Waals surface area contributed by atoms with Gasteiger partial charge < -0.3 is 0 Å². The van der Waals surface area contributed by atoms with E-state index >= 15 is 0 Å². The van der Waals surface area contributed by atoms with Gasteiger partial charge in [-0.3, -0.25) is 4.98 Å². The van der Waals surface area contributed by atoms with Crippen molar-refractivity contribution in [3.8, 4) is 0 Å². The third-order valence-electron chi connectivity index (χ3n) is 2.06. The molecule has 0 saturated carbocycles. The van der Waals surface area contributed by atoms with Crippen molar-refractivity contribution in [2.75, 3.05) is 0 Å². The Labute approximate surface area is 84.2 Å². The average Bonchev–Trinajstić information content (AvgIpc) is 2.07. The summed E-state index contributed by atoms with van der Waals surface area (Å²) in [7, 11) is 0. The first-order valence-electron chi connectivity index (χ1n) is 4.10. The van der Waals surface area contributed by atoms with E-state index in [1.165, 1.54) is 10.9 Å².